The molecule has 1 aromatic carbocycles. The first-order chi connectivity index (χ1) is 25.0. The third-order valence-electron chi connectivity index (χ3n) is 9.13. The van der Waals surface area contributed by atoms with Crippen LogP contribution in [0.5, 0.6) is 5.75 Å². The lowest BCUT2D eigenvalue weighted by Crippen LogP contribution is -2.55. The smallest absolute Gasteiger partial charge is 0.267 e. The SMILES string of the molecule is C=CC(=O)N1CCN(c2ncc(-c3ccc(OC)c(Nc4ncc(C(=O)Nc5c(F)cccc5Cl)s4)n3)cc2N2CCC(C)(O)CC2)C(CC#N)C1. The van der Waals surface area contributed by atoms with Gasteiger partial charge in [0.05, 0.1) is 59.5 Å². The van der Waals surface area contributed by atoms with E-state index in [1.54, 1.807) is 17.2 Å². The number of carbonyl (C=O) groups excluding carboxylic acids is 2. The van der Waals surface area contributed by atoms with Crippen LogP contribution in [0.2, 0.25) is 5.02 Å². The minimum atomic E-state index is -0.777. The van der Waals surface area contributed by atoms with Crippen LogP contribution in [0.3, 0.4) is 0 Å². The molecule has 270 valence electrons. The number of benzene rings is 1. The first-order valence-electron chi connectivity index (χ1n) is 16.6. The molecule has 5 heterocycles. The molecule has 2 amide bonds. The number of methoxy groups -OCH3 is 1. The highest BCUT2D eigenvalue weighted by Crippen LogP contribution is 2.38. The second-order valence-electron chi connectivity index (χ2n) is 12.7. The Hall–Kier alpha value is -5.30. The summed E-state index contributed by atoms with van der Waals surface area (Å²) in [6.45, 7) is 7.93. The van der Waals surface area contributed by atoms with Crippen LogP contribution in [0.1, 0.15) is 35.9 Å². The molecule has 16 heteroatoms. The van der Waals surface area contributed by atoms with Gasteiger partial charge in [-0.2, -0.15) is 5.26 Å². The monoisotopic (exact) mass is 745 g/mol. The number of thiazole rings is 1. The third kappa shape index (κ3) is 7.94. The molecule has 1 atom stereocenters. The standard InChI is InChI=1S/C36H37ClFN9O4S/c1-4-30(48)46-16-17-47(23(21-46)10-13-39)33-27(45-14-11-36(2,50)12-15-45)18-22(19-40-33)26-8-9-28(51-3)32(42-26)44-35-41-20-29(52-35)34(49)43-31-24(37)6-5-7-25(31)38/h4-9,18-20,23,50H,1,10-12,14-17,21H2,2-3H3,(H,43,49)(H,41,42,44). The van der Waals surface area contributed by atoms with Crippen molar-refractivity contribution in [2.75, 3.05) is 60.3 Å². The summed E-state index contributed by atoms with van der Waals surface area (Å²) >= 11 is 7.12. The Bertz CT molecular complexity index is 2010. The van der Waals surface area contributed by atoms with Crippen molar-refractivity contribution in [2.24, 2.45) is 0 Å². The number of pyridine rings is 2. The molecule has 1 unspecified atom stereocenters. The largest absolute Gasteiger partial charge is 0.493 e. The lowest BCUT2D eigenvalue weighted by molar-refractivity contribution is -0.126. The van der Waals surface area contributed by atoms with Crippen molar-refractivity contribution in [3.8, 4) is 23.1 Å². The fraction of sp³-hybridized carbons (Fsp3) is 0.333. The second kappa shape index (κ2) is 15.5. The Balaban J connectivity index is 1.30. The molecule has 2 aliphatic heterocycles. The fourth-order valence-electron chi connectivity index (χ4n) is 6.20. The predicted octanol–water partition coefficient (Wildman–Crippen LogP) is 5.87. The van der Waals surface area contributed by atoms with Crippen molar-refractivity contribution in [1.29, 1.82) is 5.26 Å². The second-order valence-corrected chi connectivity index (χ2v) is 14.1. The number of rotatable bonds is 10. The third-order valence-corrected chi connectivity index (χ3v) is 10.4. The molecule has 6 rings (SSSR count). The minimum Gasteiger partial charge on any atom is -0.493 e. The Morgan fingerprint density at radius 3 is 2.71 bits per heavy atom. The van der Waals surface area contributed by atoms with E-state index in [9.17, 15) is 24.3 Å². The van der Waals surface area contributed by atoms with Gasteiger partial charge < -0.3 is 35.2 Å². The number of piperidine rings is 1. The average molecular weight is 746 g/mol. The number of nitrogens with zero attached hydrogens (tertiary/aromatic N) is 7. The van der Waals surface area contributed by atoms with E-state index < -0.39 is 17.3 Å². The molecule has 2 aliphatic rings. The number of aliphatic hydroxyl groups is 1. The summed E-state index contributed by atoms with van der Waals surface area (Å²) in [5.41, 5.74) is 1.22. The number of para-hydroxylation sites is 1. The van der Waals surface area contributed by atoms with Gasteiger partial charge in [0.1, 0.15) is 10.7 Å². The summed E-state index contributed by atoms with van der Waals surface area (Å²) in [5, 5.41) is 26.5. The van der Waals surface area contributed by atoms with Crippen molar-refractivity contribution in [3.05, 3.63) is 77.2 Å². The van der Waals surface area contributed by atoms with E-state index in [0.717, 1.165) is 17.0 Å². The van der Waals surface area contributed by atoms with Crippen molar-refractivity contribution >= 4 is 62.9 Å². The number of hydrogen-bond acceptors (Lipinski definition) is 12. The molecule has 2 fully saturated rings. The molecule has 0 saturated carbocycles. The van der Waals surface area contributed by atoms with E-state index in [4.69, 9.17) is 26.3 Å². The maximum absolute atomic E-state index is 14.3. The molecule has 3 aromatic heterocycles. The van der Waals surface area contributed by atoms with E-state index >= 15 is 0 Å². The summed E-state index contributed by atoms with van der Waals surface area (Å²) in [7, 11) is 1.51. The van der Waals surface area contributed by atoms with Crippen LogP contribution in [0.4, 0.5) is 32.5 Å². The molecule has 0 spiro atoms. The van der Waals surface area contributed by atoms with Gasteiger partial charge in [0.2, 0.25) is 5.91 Å². The van der Waals surface area contributed by atoms with Crippen LogP contribution < -0.4 is 25.2 Å². The highest BCUT2D eigenvalue weighted by atomic mass is 35.5. The first kappa shape index (κ1) is 36.5. The fourth-order valence-corrected chi connectivity index (χ4v) is 7.13. The number of nitriles is 1. The lowest BCUT2D eigenvalue weighted by atomic mass is 9.93. The van der Waals surface area contributed by atoms with Crippen molar-refractivity contribution in [1.82, 2.24) is 19.9 Å². The molecule has 4 aromatic rings. The van der Waals surface area contributed by atoms with Crippen LogP contribution in [0.15, 0.2) is 61.4 Å². The number of piperazine rings is 1. The first-order valence-corrected chi connectivity index (χ1v) is 17.8. The van der Waals surface area contributed by atoms with Gasteiger partial charge in [-0.1, -0.05) is 35.6 Å². The van der Waals surface area contributed by atoms with E-state index in [2.05, 4.69) is 38.1 Å². The van der Waals surface area contributed by atoms with Crippen LogP contribution in [0.25, 0.3) is 11.3 Å². The van der Waals surface area contributed by atoms with Gasteiger partial charge in [-0.15, -0.1) is 0 Å². The maximum atomic E-state index is 14.3. The highest BCUT2D eigenvalue weighted by molar-refractivity contribution is 7.17. The van der Waals surface area contributed by atoms with E-state index in [0.29, 0.717) is 79.3 Å². The number of amides is 2. The van der Waals surface area contributed by atoms with E-state index in [-0.39, 0.29) is 34.0 Å². The van der Waals surface area contributed by atoms with E-state index in [1.807, 2.05) is 19.1 Å². The van der Waals surface area contributed by atoms with Gasteiger partial charge in [0.15, 0.2) is 22.5 Å². The van der Waals surface area contributed by atoms with Crippen molar-refractivity contribution in [2.45, 2.75) is 37.8 Å². The molecule has 3 N–H and O–H groups in total. The number of carbonyl (C=O) groups is 2. The molecule has 0 bridgehead atoms. The quantitative estimate of drug-likeness (QED) is 0.167. The Morgan fingerprint density at radius 1 is 1.21 bits per heavy atom. The predicted molar refractivity (Wildman–Crippen MR) is 199 cm³/mol. The van der Waals surface area contributed by atoms with Gasteiger partial charge in [0.25, 0.3) is 5.91 Å². The Kier molecular flexibility index (Phi) is 10.9. The number of hydrogen-bond donors (Lipinski definition) is 3. The number of halogens is 2. The van der Waals surface area contributed by atoms with Gasteiger partial charge in [-0.25, -0.2) is 19.3 Å². The molecule has 52 heavy (non-hydrogen) atoms. The minimum absolute atomic E-state index is 0.0735. The zero-order valence-electron chi connectivity index (χ0n) is 28.6. The molecule has 2 saturated heterocycles. The number of ether oxygens (including phenoxy) is 1. The summed E-state index contributed by atoms with van der Waals surface area (Å²) in [6.07, 6.45) is 5.71. The zero-order valence-corrected chi connectivity index (χ0v) is 30.2. The summed E-state index contributed by atoms with van der Waals surface area (Å²) in [6, 6.07) is 11.7. The van der Waals surface area contributed by atoms with Gasteiger partial charge >= 0.3 is 0 Å². The van der Waals surface area contributed by atoms with Crippen LogP contribution in [0, 0.1) is 17.1 Å². The zero-order chi connectivity index (χ0) is 37.0. The average Bonchev–Trinajstić information content (AvgIpc) is 3.61. The molecular weight excluding hydrogens is 709 g/mol. The van der Waals surface area contributed by atoms with Gasteiger partial charge in [0, 0.05) is 44.5 Å². The maximum Gasteiger partial charge on any atom is 0.267 e. The highest BCUT2D eigenvalue weighted by Gasteiger charge is 2.34. The normalized spacial score (nSPS) is 16.9. The number of aromatic nitrogens is 3. The molecule has 13 nitrogen and oxygen atoms in total. The van der Waals surface area contributed by atoms with E-state index in [1.165, 1.54) is 37.6 Å². The lowest BCUT2D eigenvalue weighted by Gasteiger charge is -2.44. The Morgan fingerprint density at radius 2 is 2.00 bits per heavy atom. The van der Waals surface area contributed by atoms with Crippen LogP contribution in [-0.4, -0.2) is 88.2 Å². The Labute approximate surface area is 309 Å². The molecule has 0 aliphatic carbocycles. The topological polar surface area (TPSA) is 160 Å². The molecule has 0 radical (unpaired) electrons. The summed E-state index contributed by atoms with van der Waals surface area (Å²) in [4.78, 5) is 45.6. The van der Waals surface area contributed by atoms with Gasteiger partial charge in [-0.05, 0) is 56.2 Å². The summed E-state index contributed by atoms with van der Waals surface area (Å²) in [5.74, 6) is 0.0526. The van der Waals surface area contributed by atoms with Gasteiger partial charge in [-0.3, -0.25) is 9.59 Å². The number of anilines is 5. The van der Waals surface area contributed by atoms with Crippen molar-refractivity contribution in [3.63, 3.8) is 0 Å². The van der Waals surface area contributed by atoms with Crippen LogP contribution >= 0.6 is 22.9 Å². The van der Waals surface area contributed by atoms with Crippen molar-refractivity contribution < 1.29 is 23.8 Å². The van der Waals surface area contributed by atoms with Crippen LogP contribution in [-0.2, 0) is 4.79 Å². The summed E-state index contributed by atoms with van der Waals surface area (Å²) < 4.78 is 19.8. The molecular formula is C36H37ClFN9O4S. The number of nitrogens with one attached hydrogen (secondary N) is 2.